The fourth-order valence-electron chi connectivity index (χ4n) is 2.96. The third-order valence-electron chi connectivity index (χ3n) is 4.46. The van der Waals surface area contributed by atoms with Crippen molar-refractivity contribution < 1.29 is 4.39 Å². The third kappa shape index (κ3) is 4.12. The van der Waals surface area contributed by atoms with Crippen molar-refractivity contribution in [2.24, 2.45) is 0 Å². The molecule has 2 aromatic heterocycles. The Kier molecular flexibility index (Phi) is 5.48. The molecule has 6 heteroatoms. The summed E-state index contributed by atoms with van der Waals surface area (Å²) >= 11 is 1.62. The predicted molar refractivity (Wildman–Crippen MR) is 109 cm³/mol. The van der Waals surface area contributed by atoms with Gasteiger partial charge in [0.2, 0.25) is 0 Å². The molecule has 0 aliphatic rings. The molecule has 4 nitrogen and oxygen atoms in total. The van der Waals surface area contributed by atoms with Gasteiger partial charge in [-0.1, -0.05) is 54.2 Å². The zero-order chi connectivity index (χ0) is 19.3. The zero-order valence-corrected chi connectivity index (χ0v) is 16.2. The number of thioether (sulfide) groups is 1. The van der Waals surface area contributed by atoms with E-state index in [1.165, 1.54) is 17.7 Å². The molecule has 0 aliphatic heterocycles. The van der Waals surface area contributed by atoms with Gasteiger partial charge in [-0.15, -0.1) is 10.2 Å². The van der Waals surface area contributed by atoms with E-state index in [9.17, 15) is 4.39 Å². The van der Waals surface area contributed by atoms with Crippen LogP contribution in [0.1, 0.15) is 23.3 Å². The molecular formula is C22H19FN4S. The zero-order valence-electron chi connectivity index (χ0n) is 15.4. The molecule has 0 saturated carbocycles. The summed E-state index contributed by atoms with van der Waals surface area (Å²) in [4.78, 5) is 4.09. The second-order valence-corrected chi connectivity index (χ2v) is 7.73. The first-order valence-corrected chi connectivity index (χ1v) is 9.88. The molecule has 0 bridgehead atoms. The molecule has 28 heavy (non-hydrogen) atoms. The van der Waals surface area contributed by atoms with Crippen LogP contribution in [0.5, 0.6) is 0 Å². The van der Waals surface area contributed by atoms with Gasteiger partial charge in [0, 0.05) is 23.2 Å². The Hall–Kier alpha value is -2.99. The van der Waals surface area contributed by atoms with E-state index >= 15 is 0 Å². The lowest BCUT2D eigenvalue weighted by molar-refractivity contribution is 0.627. The van der Waals surface area contributed by atoms with E-state index in [2.05, 4.69) is 38.8 Å². The summed E-state index contributed by atoms with van der Waals surface area (Å²) in [6.07, 6.45) is 3.51. The minimum absolute atomic E-state index is 0.115. The lowest BCUT2D eigenvalue weighted by atomic mass is 10.2. The monoisotopic (exact) mass is 390 g/mol. The SMILES string of the molecule is CC(Sc1nnc(-c2ccncc2)n1Cc1ccccc1)c1ccc(F)cc1. The Balaban J connectivity index is 1.68. The van der Waals surface area contributed by atoms with Gasteiger partial charge in [0.15, 0.2) is 11.0 Å². The number of rotatable bonds is 6. The Morgan fingerprint density at radius 1 is 0.929 bits per heavy atom. The minimum Gasteiger partial charge on any atom is -0.298 e. The van der Waals surface area contributed by atoms with Crippen molar-refractivity contribution in [3.8, 4) is 11.4 Å². The number of hydrogen-bond acceptors (Lipinski definition) is 4. The molecule has 0 fully saturated rings. The normalized spacial score (nSPS) is 12.1. The Bertz CT molecular complexity index is 1030. The number of aromatic nitrogens is 4. The average molecular weight is 390 g/mol. The summed E-state index contributed by atoms with van der Waals surface area (Å²) in [7, 11) is 0. The van der Waals surface area contributed by atoms with Crippen LogP contribution >= 0.6 is 11.8 Å². The van der Waals surface area contributed by atoms with Crippen molar-refractivity contribution in [2.45, 2.75) is 23.9 Å². The third-order valence-corrected chi connectivity index (χ3v) is 5.60. The van der Waals surface area contributed by atoms with Crippen LogP contribution < -0.4 is 0 Å². The summed E-state index contributed by atoms with van der Waals surface area (Å²) in [5.74, 6) is 0.577. The van der Waals surface area contributed by atoms with Gasteiger partial charge < -0.3 is 0 Å². The number of hydrogen-bond donors (Lipinski definition) is 0. The molecule has 2 heterocycles. The molecular weight excluding hydrogens is 371 g/mol. The van der Waals surface area contributed by atoms with Gasteiger partial charge >= 0.3 is 0 Å². The maximum Gasteiger partial charge on any atom is 0.192 e. The smallest absolute Gasteiger partial charge is 0.192 e. The highest BCUT2D eigenvalue weighted by Gasteiger charge is 2.18. The lowest BCUT2D eigenvalue weighted by Crippen LogP contribution is -2.05. The molecule has 0 N–H and O–H groups in total. The molecule has 140 valence electrons. The fourth-order valence-corrected chi connectivity index (χ4v) is 3.93. The molecule has 1 atom stereocenters. The van der Waals surface area contributed by atoms with E-state index in [1.807, 2.05) is 42.5 Å². The maximum absolute atomic E-state index is 13.2. The first-order chi connectivity index (χ1) is 13.7. The second-order valence-electron chi connectivity index (χ2n) is 6.43. The molecule has 1 unspecified atom stereocenters. The van der Waals surface area contributed by atoms with Gasteiger partial charge in [-0.25, -0.2) is 4.39 Å². The van der Waals surface area contributed by atoms with Crippen LogP contribution in [-0.4, -0.2) is 19.7 Å². The average Bonchev–Trinajstić information content (AvgIpc) is 3.12. The summed E-state index contributed by atoms with van der Waals surface area (Å²) in [5, 5.41) is 9.84. The van der Waals surface area contributed by atoms with Crippen LogP contribution in [0, 0.1) is 5.82 Å². The highest BCUT2D eigenvalue weighted by molar-refractivity contribution is 7.99. The largest absolute Gasteiger partial charge is 0.298 e. The van der Waals surface area contributed by atoms with Crippen LogP contribution in [0.15, 0.2) is 84.3 Å². The van der Waals surface area contributed by atoms with Gasteiger partial charge in [0.05, 0.1) is 6.54 Å². The van der Waals surface area contributed by atoms with Crippen molar-refractivity contribution in [2.75, 3.05) is 0 Å². The first kappa shape index (κ1) is 18.4. The van der Waals surface area contributed by atoms with Gasteiger partial charge in [-0.05, 0) is 42.3 Å². The summed E-state index contributed by atoms with van der Waals surface area (Å²) in [6.45, 7) is 2.76. The van der Waals surface area contributed by atoms with Crippen LogP contribution in [0.2, 0.25) is 0 Å². The molecule has 0 aliphatic carbocycles. The Morgan fingerprint density at radius 2 is 1.64 bits per heavy atom. The molecule has 0 spiro atoms. The maximum atomic E-state index is 13.2. The van der Waals surface area contributed by atoms with Crippen molar-refractivity contribution in [1.29, 1.82) is 0 Å². The van der Waals surface area contributed by atoms with Gasteiger partial charge in [0.25, 0.3) is 0 Å². The molecule has 0 saturated heterocycles. The van der Waals surface area contributed by atoms with Crippen molar-refractivity contribution >= 4 is 11.8 Å². The van der Waals surface area contributed by atoms with E-state index in [1.54, 1.807) is 24.2 Å². The van der Waals surface area contributed by atoms with Gasteiger partial charge in [0.1, 0.15) is 5.82 Å². The van der Waals surface area contributed by atoms with E-state index in [-0.39, 0.29) is 11.1 Å². The standard InChI is InChI=1S/C22H19FN4S/c1-16(18-7-9-20(23)10-8-18)28-22-26-25-21(19-11-13-24-14-12-19)27(22)15-17-5-3-2-4-6-17/h2-14,16H,15H2,1H3. The molecule has 0 amide bonds. The molecule has 2 aromatic carbocycles. The number of nitrogens with zero attached hydrogens (tertiary/aromatic N) is 4. The topological polar surface area (TPSA) is 43.6 Å². The van der Waals surface area contributed by atoms with Crippen LogP contribution in [0.3, 0.4) is 0 Å². The molecule has 4 rings (SSSR count). The molecule has 4 aromatic rings. The second kappa shape index (κ2) is 8.35. The van der Waals surface area contributed by atoms with Crippen LogP contribution in [-0.2, 0) is 6.54 Å². The van der Waals surface area contributed by atoms with Gasteiger partial charge in [-0.3, -0.25) is 9.55 Å². The van der Waals surface area contributed by atoms with Gasteiger partial charge in [-0.2, -0.15) is 0 Å². The highest BCUT2D eigenvalue weighted by atomic mass is 32.2. The molecule has 0 radical (unpaired) electrons. The predicted octanol–water partition coefficient (Wildman–Crippen LogP) is 5.38. The lowest BCUT2D eigenvalue weighted by Gasteiger charge is -2.14. The van der Waals surface area contributed by atoms with Crippen molar-refractivity contribution in [3.05, 3.63) is 96.1 Å². The highest BCUT2D eigenvalue weighted by Crippen LogP contribution is 2.35. The van der Waals surface area contributed by atoms with E-state index < -0.39 is 0 Å². The van der Waals surface area contributed by atoms with E-state index in [0.717, 1.165) is 22.1 Å². The number of pyridine rings is 1. The number of halogens is 1. The van der Waals surface area contributed by atoms with Crippen LogP contribution in [0.4, 0.5) is 4.39 Å². The van der Waals surface area contributed by atoms with Crippen molar-refractivity contribution in [3.63, 3.8) is 0 Å². The summed E-state index contributed by atoms with van der Waals surface area (Å²) in [5.41, 5.74) is 3.19. The van der Waals surface area contributed by atoms with E-state index in [0.29, 0.717) is 6.54 Å². The fraction of sp³-hybridized carbons (Fsp3) is 0.136. The number of benzene rings is 2. The summed E-state index contributed by atoms with van der Waals surface area (Å²) < 4.78 is 15.4. The van der Waals surface area contributed by atoms with E-state index in [4.69, 9.17) is 0 Å². The minimum atomic E-state index is -0.229. The summed E-state index contributed by atoms with van der Waals surface area (Å²) in [6, 6.07) is 20.7. The Labute approximate surface area is 167 Å². The Morgan fingerprint density at radius 3 is 2.36 bits per heavy atom. The van der Waals surface area contributed by atoms with Crippen molar-refractivity contribution in [1.82, 2.24) is 19.7 Å². The first-order valence-electron chi connectivity index (χ1n) is 9.00. The quantitative estimate of drug-likeness (QED) is 0.415. The van der Waals surface area contributed by atoms with Crippen LogP contribution in [0.25, 0.3) is 11.4 Å².